The predicted molar refractivity (Wildman–Crippen MR) is 121 cm³/mol. The topological polar surface area (TPSA) is 75.6 Å². The number of nitrogens with one attached hydrogen (secondary N) is 2. The van der Waals surface area contributed by atoms with Gasteiger partial charge in [0.2, 0.25) is 0 Å². The molecule has 1 aromatic heterocycles. The molecule has 0 bridgehead atoms. The highest BCUT2D eigenvalue weighted by atomic mass is 32.1. The van der Waals surface area contributed by atoms with Gasteiger partial charge >= 0.3 is 6.03 Å². The molecule has 30 heavy (non-hydrogen) atoms. The highest BCUT2D eigenvalue weighted by Crippen LogP contribution is 2.37. The van der Waals surface area contributed by atoms with E-state index in [0.717, 1.165) is 44.4 Å². The Balaban J connectivity index is 1.68. The van der Waals surface area contributed by atoms with E-state index >= 15 is 0 Å². The summed E-state index contributed by atoms with van der Waals surface area (Å²) in [6.45, 7) is 6.04. The highest BCUT2D eigenvalue weighted by molar-refractivity contribution is 7.11. The molecule has 0 saturated carbocycles. The molecule has 0 spiro atoms. The summed E-state index contributed by atoms with van der Waals surface area (Å²) in [7, 11) is 1.63. The van der Waals surface area contributed by atoms with E-state index in [1.54, 1.807) is 18.4 Å². The zero-order chi connectivity index (χ0) is 21.1. The van der Waals surface area contributed by atoms with Crippen LogP contribution >= 0.6 is 11.3 Å². The van der Waals surface area contributed by atoms with E-state index in [1.165, 1.54) is 0 Å². The number of aliphatic imine (C=N–C) groups is 1. The fourth-order valence-electron chi connectivity index (χ4n) is 3.46. The fourth-order valence-corrected chi connectivity index (χ4v) is 4.42. The van der Waals surface area contributed by atoms with Gasteiger partial charge in [-0.3, -0.25) is 4.99 Å². The molecule has 0 aliphatic carbocycles. The number of carbonyl (C=O) groups is 1. The molecule has 3 aromatic rings. The molecule has 6 nitrogen and oxygen atoms in total. The minimum absolute atomic E-state index is 0.222. The van der Waals surface area contributed by atoms with Crippen LogP contribution in [-0.2, 0) is 6.54 Å². The van der Waals surface area contributed by atoms with E-state index in [-0.39, 0.29) is 12.1 Å². The zero-order valence-corrected chi connectivity index (χ0v) is 17.6. The summed E-state index contributed by atoms with van der Waals surface area (Å²) in [5, 5.41) is 8.80. The summed E-state index contributed by atoms with van der Waals surface area (Å²) < 4.78 is 5.25. The molecular formula is C23H22N4O2S. The molecule has 0 radical (unpaired) electrons. The van der Waals surface area contributed by atoms with Crippen molar-refractivity contribution >= 4 is 29.7 Å². The van der Waals surface area contributed by atoms with Crippen molar-refractivity contribution in [2.75, 3.05) is 7.11 Å². The van der Waals surface area contributed by atoms with Crippen LogP contribution in [0.25, 0.3) is 16.8 Å². The SMILES string of the molecule is C=NCc1ccc(-c2csc(C3=C(C)NC(=O)NC3c3ccc(OC)cc3)n2)cc1. The third-order valence-corrected chi connectivity index (χ3v) is 5.87. The molecule has 0 fully saturated rings. The molecule has 1 aliphatic heterocycles. The van der Waals surface area contributed by atoms with Gasteiger partial charge in [0.05, 0.1) is 25.4 Å². The van der Waals surface area contributed by atoms with Gasteiger partial charge in [-0.1, -0.05) is 36.4 Å². The molecular weight excluding hydrogens is 396 g/mol. The summed E-state index contributed by atoms with van der Waals surface area (Å²) in [6.07, 6.45) is 0. The van der Waals surface area contributed by atoms with Crippen molar-refractivity contribution < 1.29 is 9.53 Å². The minimum atomic E-state index is -0.287. The lowest BCUT2D eigenvalue weighted by atomic mass is 9.96. The number of nitrogens with zero attached hydrogens (tertiary/aromatic N) is 2. The van der Waals surface area contributed by atoms with Crippen LogP contribution in [0.4, 0.5) is 4.79 Å². The molecule has 0 saturated heterocycles. The second-order valence-corrected chi connectivity index (χ2v) is 7.82. The minimum Gasteiger partial charge on any atom is -0.497 e. The summed E-state index contributed by atoms with van der Waals surface area (Å²) in [6, 6.07) is 15.4. The number of carbonyl (C=O) groups excluding carboxylic acids is 1. The van der Waals surface area contributed by atoms with E-state index in [9.17, 15) is 4.79 Å². The van der Waals surface area contributed by atoms with E-state index in [4.69, 9.17) is 9.72 Å². The Bertz CT molecular complexity index is 1100. The zero-order valence-electron chi connectivity index (χ0n) is 16.8. The smallest absolute Gasteiger partial charge is 0.319 e. The third-order valence-electron chi connectivity index (χ3n) is 5.00. The number of urea groups is 1. The largest absolute Gasteiger partial charge is 0.497 e. The normalized spacial score (nSPS) is 16.1. The molecule has 4 rings (SSSR count). The maximum atomic E-state index is 12.2. The van der Waals surface area contributed by atoms with Gasteiger partial charge in [-0.05, 0) is 36.9 Å². The van der Waals surface area contributed by atoms with Gasteiger partial charge in [0.1, 0.15) is 10.8 Å². The first-order chi connectivity index (χ1) is 14.6. The quantitative estimate of drug-likeness (QED) is 0.565. The number of aromatic nitrogens is 1. The van der Waals surface area contributed by atoms with Crippen LogP contribution in [0.2, 0.25) is 0 Å². The number of methoxy groups -OCH3 is 1. The summed E-state index contributed by atoms with van der Waals surface area (Å²) in [5.41, 5.74) is 5.78. The second-order valence-electron chi connectivity index (χ2n) is 6.96. The van der Waals surface area contributed by atoms with Gasteiger partial charge in [-0.15, -0.1) is 11.3 Å². The van der Waals surface area contributed by atoms with E-state index < -0.39 is 0 Å². The monoisotopic (exact) mass is 418 g/mol. The summed E-state index contributed by atoms with van der Waals surface area (Å²) in [5.74, 6) is 0.771. The number of rotatable bonds is 6. The molecule has 1 unspecified atom stereocenters. The van der Waals surface area contributed by atoms with Crippen LogP contribution < -0.4 is 15.4 Å². The lowest BCUT2D eigenvalue weighted by Crippen LogP contribution is -2.42. The highest BCUT2D eigenvalue weighted by Gasteiger charge is 2.29. The second kappa shape index (κ2) is 8.51. The molecule has 2 aromatic carbocycles. The Labute approximate surface area is 179 Å². The molecule has 1 aliphatic rings. The van der Waals surface area contributed by atoms with Crippen molar-refractivity contribution in [3.63, 3.8) is 0 Å². The molecule has 7 heteroatoms. The average molecular weight is 419 g/mol. The first-order valence-electron chi connectivity index (χ1n) is 9.49. The Morgan fingerprint density at radius 2 is 1.90 bits per heavy atom. The summed E-state index contributed by atoms with van der Waals surface area (Å²) >= 11 is 1.56. The van der Waals surface area contributed by atoms with E-state index in [1.807, 2.05) is 60.8 Å². The number of hydrogen-bond acceptors (Lipinski definition) is 5. The average Bonchev–Trinajstić information content (AvgIpc) is 3.23. The lowest BCUT2D eigenvalue weighted by molar-refractivity contribution is 0.240. The Hall–Kier alpha value is -3.45. The van der Waals surface area contributed by atoms with Crippen LogP contribution in [0.5, 0.6) is 5.75 Å². The van der Waals surface area contributed by atoms with Gasteiger partial charge in [-0.25, -0.2) is 9.78 Å². The number of benzene rings is 2. The molecule has 2 heterocycles. The maximum Gasteiger partial charge on any atom is 0.319 e. The number of amides is 2. The Morgan fingerprint density at radius 3 is 2.57 bits per heavy atom. The number of hydrogen-bond donors (Lipinski definition) is 2. The van der Waals surface area contributed by atoms with Gasteiger partial charge in [-0.2, -0.15) is 0 Å². The van der Waals surface area contributed by atoms with Gasteiger partial charge in [0.25, 0.3) is 0 Å². The van der Waals surface area contributed by atoms with Crippen molar-refractivity contribution in [3.05, 3.63) is 75.7 Å². The van der Waals surface area contributed by atoms with Crippen molar-refractivity contribution in [1.82, 2.24) is 15.6 Å². The Kier molecular flexibility index (Phi) is 5.63. The molecule has 2 amide bonds. The Morgan fingerprint density at radius 1 is 1.17 bits per heavy atom. The van der Waals surface area contributed by atoms with Crippen LogP contribution in [0, 0.1) is 0 Å². The van der Waals surface area contributed by atoms with Crippen molar-refractivity contribution in [1.29, 1.82) is 0 Å². The summed E-state index contributed by atoms with van der Waals surface area (Å²) in [4.78, 5) is 20.9. The predicted octanol–water partition coefficient (Wildman–Crippen LogP) is 4.80. The molecule has 152 valence electrons. The van der Waals surface area contributed by atoms with Crippen molar-refractivity contribution in [2.24, 2.45) is 4.99 Å². The van der Waals surface area contributed by atoms with Crippen LogP contribution in [0.1, 0.15) is 29.1 Å². The third kappa shape index (κ3) is 3.97. The van der Waals surface area contributed by atoms with Crippen LogP contribution in [0.15, 0.2) is 64.6 Å². The fraction of sp³-hybridized carbons (Fsp3) is 0.174. The maximum absolute atomic E-state index is 12.2. The van der Waals surface area contributed by atoms with E-state index in [2.05, 4.69) is 22.3 Å². The molecule has 1 atom stereocenters. The lowest BCUT2D eigenvalue weighted by Gasteiger charge is -2.28. The first-order valence-corrected chi connectivity index (χ1v) is 10.4. The molecule has 2 N–H and O–H groups in total. The van der Waals surface area contributed by atoms with Gasteiger partial charge < -0.3 is 15.4 Å². The number of ether oxygens (including phenoxy) is 1. The number of thiazole rings is 1. The first kappa shape index (κ1) is 19.8. The number of allylic oxidation sites excluding steroid dienone is 1. The van der Waals surface area contributed by atoms with Gasteiger partial charge in [0.15, 0.2) is 0 Å². The van der Waals surface area contributed by atoms with E-state index in [0.29, 0.717) is 6.54 Å². The van der Waals surface area contributed by atoms with Crippen LogP contribution in [0.3, 0.4) is 0 Å². The standard InChI is InChI=1S/C23H22N4O2S/c1-14-20(21(27-23(28)25-14)17-8-10-18(29-3)11-9-17)22-26-19(13-30-22)16-6-4-15(5-7-16)12-24-2/h4-11,13,21H,2,12H2,1,3H3,(H2,25,27,28). The van der Waals surface area contributed by atoms with Crippen LogP contribution in [-0.4, -0.2) is 24.8 Å². The van der Waals surface area contributed by atoms with Crippen molar-refractivity contribution in [3.8, 4) is 17.0 Å². The van der Waals surface area contributed by atoms with Crippen molar-refractivity contribution in [2.45, 2.75) is 19.5 Å². The van der Waals surface area contributed by atoms with Gasteiger partial charge in [0, 0.05) is 22.2 Å².